The Balaban J connectivity index is 0.000000243. The van der Waals surface area contributed by atoms with Crippen molar-refractivity contribution in [3.05, 3.63) is 119 Å². The molecule has 4 heteroatoms. The molecule has 0 amide bonds. The third-order valence-electron chi connectivity index (χ3n) is 5.65. The van der Waals surface area contributed by atoms with E-state index >= 15 is 0 Å². The molecule has 0 spiro atoms. The van der Waals surface area contributed by atoms with Gasteiger partial charge >= 0.3 is 140 Å². The van der Waals surface area contributed by atoms with Crippen LogP contribution in [0.5, 0.6) is 17.2 Å². The Hall–Kier alpha value is -2.58. The van der Waals surface area contributed by atoms with Gasteiger partial charge in [-0.3, -0.25) is 0 Å². The molecule has 0 aliphatic heterocycles. The molecule has 3 aromatic rings. The van der Waals surface area contributed by atoms with E-state index in [0.717, 1.165) is 17.2 Å². The van der Waals surface area contributed by atoms with Crippen LogP contribution in [-0.4, -0.2) is 0 Å². The average Bonchev–Trinajstić information content (AvgIpc) is 2.99. The summed E-state index contributed by atoms with van der Waals surface area (Å²) in [6, 6.07) is 28.9. The van der Waals surface area contributed by atoms with Gasteiger partial charge in [-0.2, -0.15) is 0 Å². The van der Waals surface area contributed by atoms with Crippen molar-refractivity contribution >= 4 is 0 Å². The van der Waals surface area contributed by atoms with E-state index in [1.165, 1.54) is 28.2 Å². The van der Waals surface area contributed by atoms with Crippen molar-refractivity contribution in [3.8, 4) is 17.2 Å². The monoisotopic (exact) mass is 504 g/mol. The second-order valence-electron chi connectivity index (χ2n) is 7.62. The van der Waals surface area contributed by atoms with E-state index in [0.29, 0.717) is 0 Å². The predicted octanol–water partition coefficient (Wildman–Crippen LogP) is 7.85. The molecule has 32 heavy (non-hydrogen) atoms. The summed E-state index contributed by atoms with van der Waals surface area (Å²) in [4.78, 5) is 0. The third kappa shape index (κ3) is 6.71. The Morgan fingerprint density at radius 2 is 0.688 bits per heavy atom. The van der Waals surface area contributed by atoms with Crippen LogP contribution < -0.4 is 8.44 Å². The first-order chi connectivity index (χ1) is 15.5. The SMILES string of the molecule is C[C]1C(C)=C(C)C(C)=C1C.c1ccc([O][Zr]([O]c2ccccc2)[O]c2ccccc2)cc1. The Labute approximate surface area is 201 Å². The molecule has 0 fully saturated rings. The maximum atomic E-state index is 5.97. The first-order valence-electron chi connectivity index (χ1n) is 10.7. The summed E-state index contributed by atoms with van der Waals surface area (Å²) in [6.07, 6.45) is 0. The van der Waals surface area contributed by atoms with Crippen molar-refractivity contribution in [1.29, 1.82) is 0 Å². The van der Waals surface area contributed by atoms with Crippen molar-refractivity contribution in [2.24, 2.45) is 0 Å². The minimum absolute atomic E-state index is 0.767. The van der Waals surface area contributed by atoms with Gasteiger partial charge in [0.2, 0.25) is 0 Å². The van der Waals surface area contributed by atoms with E-state index in [2.05, 4.69) is 34.6 Å². The van der Waals surface area contributed by atoms with E-state index in [4.69, 9.17) is 8.44 Å². The normalized spacial score (nSPS) is 13.4. The van der Waals surface area contributed by atoms with Crippen LogP contribution in [0.4, 0.5) is 0 Å². The molecule has 0 aromatic heterocycles. The molecule has 0 saturated carbocycles. The molecule has 0 bridgehead atoms. The number of hydrogen-bond donors (Lipinski definition) is 0. The van der Waals surface area contributed by atoms with Gasteiger partial charge in [0.05, 0.1) is 0 Å². The number of hydrogen-bond acceptors (Lipinski definition) is 3. The molecule has 0 atom stereocenters. The summed E-state index contributed by atoms with van der Waals surface area (Å²) in [5, 5.41) is 0. The fraction of sp³-hybridized carbons (Fsp3) is 0.179. The van der Waals surface area contributed by atoms with Gasteiger partial charge < -0.3 is 0 Å². The molecule has 1 aliphatic rings. The summed E-state index contributed by atoms with van der Waals surface area (Å²) in [5.74, 6) is 3.77. The van der Waals surface area contributed by atoms with Crippen LogP contribution in [0.25, 0.3) is 0 Å². The summed E-state index contributed by atoms with van der Waals surface area (Å²) < 4.78 is 17.9. The van der Waals surface area contributed by atoms with Crippen LogP contribution >= 0.6 is 0 Å². The molecule has 0 unspecified atom stereocenters. The predicted molar refractivity (Wildman–Crippen MR) is 127 cm³/mol. The maximum absolute atomic E-state index is 5.97. The fourth-order valence-electron chi connectivity index (χ4n) is 3.22. The number of allylic oxidation sites excluding steroid dienone is 4. The number of benzene rings is 3. The summed E-state index contributed by atoms with van der Waals surface area (Å²) in [5.41, 5.74) is 5.87. The Bertz CT molecular complexity index is 921. The van der Waals surface area contributed by atoms with Crippen molar-refractivity contribution in [2.45, 2.75) is 34.6 Å². The van der Waals surface area contributed by atoms with Gasteiger partial charge in [-0.25, -0.2) is 0 Å². The van der Waals surface area contributed by atoms with Crippen LogP contribution in [0.15, 0.2) is 113 Å². The van der Waals surface area contributed by atoms with Gasteiger partial charge in [0, 0.05) is 5.92 Å². The standard InChI is InChI=1S/C10H15.3C6H6O.Zr/c1-6-7(2)9(4)10(5)8(6)3;3*7-6-4-2-1-3-5-6;/h1-5H3;3*1-5,7H;/q;;;;+3/p-3. The number of rotatable bonds is 6. The molecule has 164 valence electrons. The van der Waals surface area contributed by atoms with E-state index in [1.807, 2.05) is 91.0 Å². The third-order valence-corrected chi connectivity index (χ3v) is 8.61. The first kappa shape index (κ1) is 24.1. The molecule has 0 N–H and O–H groups in total. The van der Waals surface area contributed by atoms with Gasteiger partial charge in [0.1, 0.15) is 0 Å². The quantitative estimate of drug-likeness (QED) is 0.341. The molecule has 0 saturated heterocycles. The molecule has 3 nitrogen and oxygen atoms in total. The van der Waals surface area contributed by atoms with Crippen LogP contribution in [0.2, 0.25) is 0 Å². The zero-order chi connectivity index (χ0) is 22.9. The second-order valence-corrected chi connectivity index (χ2v) is 10.4. The summed E-state index contributed by atoms with van der Waals surface area (Å²) in [7, 11) is 0. The molecule has 1 aliphatic carbocycles. The van der Waals surface area contributed by atoms with E-state index in [1.54, 1.807) is 0 Å². The second kappa shape index (κ2) is 11.9. The van der Waals surface area contributed by atoms with Crippen LogP contribution in [-0.2, 0) is 23.1 Å². The fourth-order valence-corrected chi connectivity index (χ4v) is 5.95. The van der Waals surface area contributed by atoms with Gasteiger partial charge in [0.25, 0.3) is 0 Å². The van der Waals surface area contributed by atoms with Crippen LogP contribution in [0.1, 0.15) is 34.6 Å². The zero-order valence-electron chi connectivity index (χ0n) is 19.4. The average molecular weight is 506 g/mol. The van der Waals surface area contributed by atoms with Crippen molar-refractivity contribution in [3.63, 3.8) is 0 Å². The van der Waals surface area contributed by atoms with Gasteiger partial charge in [-0.15, -0.1) is 0 Å². The van der Waals surface area contributed by atoms with Gasteiger partial charge in [-0.1, -0.05) is 18.1 Å². The molecule has 0 heterocycles. The van der Waals surface area contributed by atoms with Crippen molar-refractivity contribution in [1.82, 2.24) is 0 Å². The van der Waals surface area contributed by atoms with Gasteiger partial charge in [-0.05, 0) is 38.8 Å². The zero-order valence-corrected chi connectivity index (χ0v) is 21.8. The minimum atomic E-state index is -3.06. The molecule has 4 rings (SSSR count). The summed E-state index contributed by atoms with van der Waals surface area (Å²) >= 11 is -3.06. The van der Waals surface area contributed by atoms with Crippen molar-refractivity contribution < 1.29 is 31.5 Å². The number of para-hydroxylation sites is 3. The van der Waals surface area contributed by atoms with Crippen molar-refractivity contribution in [2.75, 3.05) is 0 Å². The Kier molecular flexibility index (Phi) is 8.93. The Morgan fingerprint density at radius 1 is 0.406 bits per heavy atom. The first-order valence-corrected chi connectivity index (χ1v) is 13.7. The van der Waals surface area contributed by atoms with E-state index in [-0.39, 0.29) is 0 Å². The molecular formula is C28H30O3Zr. The van der Waals surface area contributed by atoms with Crippen LogP contribution in [0.3, 0.4) is 0 Å². The van der Waals surface area contributed by atoms with E-state index < -0.39 is 23.1 Å². The van der Waals surface area contributed by atoms with Gasteiger partial charge in [0.15, 0.2) is 0 Å². The van der Waals surface area contributed by atoms with Crippen LogP contribution in [0, 0.1) is 5.92 Å². The molecule has 1 radical (unpaired) electrons. The summed E-state index contributed by atoms with van der Waals surface area (Å²) in [6.45, 7) is 11.0. The van der Waals surface area contributed by atoms with E-state index in [9.17, 15) is 0 Å². The Morgan fingerprint density at radius 3 is 0.906 bits per heavy atom. The molecule has 3 aromatic carbocycles. The molecular weight excluding hydrogens is 476 g/mol. The topological polar surface area (TPSA) is 27.7 Å².